The van der Waals surface area contributed by atoms with E-state index in [9.17, 15) is 4.39 Å². The summed E-state index contributed by atoms with van der Waals surface area (Å²) < 4.78 is 13.6. The van der Waals surface area contributed by atoms with Gasteiger partial charge in [-0.25, -0.2) is 4.39 Å². The smallest absolute Gasteiger partial charge is 0.129 e. The second kappa shape index (κ2) is 7.64. The van der Waals surface area contributed by atoms with E-state index in [0.29, 0.717) is 17.1 Å². The summed E-state index contributed by atoms with van der Waals surface area (Å²) in [6.07, 6.45) is 1.07. The summed E-state index contributed by atoms with van der Waals surface area (Å²) in [5.74, 6) is -0.219. The average molecular weight is 259 g/mol. The Labute approximate surface area is 108 Å². The lowest BCUT2D eigenvalue weighted by Gasteiger charge is -2.21. The van der Waals surface area contributed by atoms with Crippen LogP contribution in [0.5, 0.6) is 0 Å². The molecule has 0 saturated heterocycles. The molecule has 1 N–H and O–H groups in total. The number of halogens is 2. The van der Waals surface area contributed by atoms with Gasteiger partial charge in [0.05, 0.1) is 0 Å². The standard InChI is InChI=1S/C13H20ClFN2/c1-3-7-17(8-6-16-2)10-11-4-5-12(14)9-13(11)15/h4-5,9,16H,3,6-8,10H2,1-2H3. The zero-order valence-electron chi connectivity index (χ0n) is 10.5. The van der Waals surface area contributed by atoms with Crippen molar-refractivity contribution >= 4 is 11.6 Å². The maximum absolute atomic E-state index is 13.6. The molecule has 0 amide bonds. The van der Waals surface area contributed by atoms with Gasteiger partial charge in [0.25, 0.3) is 0 Å². The van der Waals surface area contributed by atoms with Gasteiger partial charge in [0.1, 0.15) is 5.82 Å². The molecular formula is C13H20ClFN2. The molecule has 0 aliphatic heterocycles. The van der Waals surface area contributed by atoms with Crippen LogP contribution in [-0.4, -0.2) is 31.6 Å². The van der Waals surface area contributed by atoms with Crippen LogP contribution in [0, 0.1) is 5.82 Å². The summed E-state index contributed by atoms with van der Waals surface area (Å²) in [5.41, 5.74) is 0.707. The van der Waals surface area contributed by atoms with Crippen molar-refractivity contribution in [3.63, 3.8) is 0 Å². The molecule has 1 aromatic carbocycles. The molecule has 0 aliphatic rings. The Balaban J connectivity index is 2.64. The van der Waals surface area contributed by atoms with E-state index in [2.05, 4.69) is 17.1 Å². The molecule has 0 atom stereocenters. The molecule has 96 valence electrons. The van der Waals surface area contributed by atoms with E-state index in [1.54, 1.807) is 12.1 Å². The van der Waals surface area contributed by atoms with Crippen molar-refractivity contribution in [1.29, 1.82) is 0 Å². The van der Waals surface area contributed by atoms with Crippen molar-refractivity contribution in [2.75, 3.05) is 26.7 Å². The van der Waals surface area contributed by atoms with Crippen LogP contribution in [0.1, 0.15) is 18.9 Å². The van der Waals surface area contributed by atoms with Crippen LogP contribution in [-0.2, 0) is 6.54 Å². The number of nitrogens with zero attached hydrogens (tertiary/aromatic N) is 1. The summed E-state index contributed by atoms with van der Waals surface area (Å²) in [5, 5.41) is 3.56. The largest absolute Gasteiger partial charge is 0.318 e. The number of likely N-dealkylation sites (N-methyl/N-ethyl adjacent to an activating group) is 1. The fourth-order valence-electron chi connectivity index (χ4n) is 1.75. The summed E-state index contributed by atoms with van der Waals surface area (Å²) in [6, 6.07) is 4.88. The van der Waals surface area contributed by atoms with E-state index in [-0.39, 0.29) is 5.82 Å². The van der Waals surface area contributed by atoms with Crippen LogP contribution in [0.15, 0.2) is 18.2 Å². The molecule has 0 spiro atoms. The highest BCUT2D eigenvalue weighted by Crippen LogP contribution is 2.16. The van der Waals surface area contributed by atoms with Crippen molar-refractivity contribution in [1.82, 2.24) is 10.2 Å². The minimum Gasteiger partial charge on any atom is -0.318 e. The van der Waals surface area contributed by atoms with Crippen LogP contribution in [0.4, 0.5) is 4.39 Å². The van der Waals surface area contributed by atoms with Gasteiger partial charge in [-0.1, -0.05) is 24.6 Å². The molecular weight excluding hydrogens is 239 g/mol. The third kappa shape index (κ3) is 5.02. The van der Waals surface area contributed by atoms with E-state index in [1.807, 2.05) is 7.05 Å². The molecule has 0 radical (unpaired) electrons. The number of benzene rings is 1. The molecule has 1 aromatic rings. The topological polar surface area (TPSA) is 15.3 Å². The van der Waals surface area contributed by atoms with Gasteiger partial charge in [0, 0.05) is 30.2 Å². The van der Waals surface area contributed by atoms with Gasteiger partial charge >= 0.3 is 0 Å². The van der Waals surface area contributed by atoms with Crippen molar-refractivity contribution < 1.29 is 4.39 Å². The Morgan fingerprint density at radius 2 is 2.12 bits per heavy atom. The first-order valence-corrected chi connectivity index (χ1v) is 6.36. The Kier molecular flexibility index (Phi) is 6.48. The Hall–Kier alpha value is -0.640. The summed E-state index contributed by atoms with van der Waals surface area (Å²) in [7, 11) is 1.92. The molecule has 4 heteroatoms. The molecule has 0 unspecified atom stereocenters. The second-order valence-electron chi connectivity index (χ2n) is 4.12. The molecule has 0 saturated carbocycles. The third-order valence-corrected chi connectivity index (χ3v) is 2.86. The number of nitrogens with one attached hydrogen (secondary N) is 1. The highest BCUT2D eigenvalue weighted by Gasteiger charge is 2.08. The predicted molar refractivity (Wildman–Crippen MR) is 70.9 cm³/mol. The first-order chi connectivity index (χ1) is 8.17. The second-order valence-corrected chi connectivity index (χ2v) is 4.55. The van der Waals surface area contributed by atoms with Gasteiger partial charge < -0.3 is 5.32 Å². The van der Waals surface area contributed by atoms with Crippen LogP contribution < -0.4 is 5.32 Å². The van der Waals surface area contributed by atoms with Crippen LogP contribution in [0.3, 0.4) is 0 Å². The van der Waals surface area contributed by atoms with Crippen LogP contribution in [0.25, 0.3) is 0 Å². The highest BCUT2D eigenvalue weighted by atomic mass is 35.5. The monoisotopic (exact) mass is 258 g/mol. The van der Waals surface area contributed by atoms with Crippen molar-refractivity contribution in [3.05, 3.63) is 34.6 Å². The Bertz CT molecular complexity index is 344. The summed E-state index contributed by atoms with van der Waals surface area (Å²) in [6.45, 7) is 5.58. The lowest BCUT2D eigenvalue weighted by molar-refractivity contribution is 0.264. The van der Waals surface area contributed by atoms with Gasteiger partial charge in [-0.15, -0.1) is 0 Å². The molecule has 0 bridgehead atoms. The van der Waals surface area contributed by atoms with Gasteiger partial charge in [-0.3, -0.25) is 4.90 Å². The molecule has 0 aromatic heterocycles. The average Bonchev–Trinajstić information content (AvgIpc) is 2.29. The van der Waals surface area contributed by atoms with Gasteiger partial charge in [-0.05, 0) is 32.1 Å². The highest BCUT2D eigenvalue weighted by molar-refractivity contribution is 6.30. The number of hydrogen-bond acceptors (Lipinski definition) is 2. The predicted octanol–water partition coefficient (Wildman–Crippen LogP) is 2.91. The molecule has 2 nitrogen and oxygen atoms in total. The van der Waals surface area contributed by atoms with Crippen LogP contribution >= 0.6 is 11.6 Å². The van der Waals surface area contributed by atoms with E-state index < -0.39 is 0 Å². The van der Waals surface area contributed by atoms with Gasteiger partial charge in [-0.2, -0.15) is 0 Å². The zero-order valence-corrected chi connectivity index (χ0v) is 11.2. The first-order valence-electron chi connectivity index (χ1n) is 5.98. The van der Waals surface area contributed by atoms with Gasteiger partial charge in [0.15, 0.2) is 0 Å². The minimum absolute atomic E-state index is 0.219. The third-order valence-electron chi connectivity index (χ3n) is 2.63. The minimum atomic E-state index is -0.219. The molecule has 17 heavy (non-hydrogen) atoms. The lowest BCUT2D eigenvalue weighted by atomic mass is 10.2. The summed E-state index contributed by atoms with van der Waals surface area (Å²) >= 11 is 5.73. The van der Waals surface area contributed by atoms with Crippen molar-refractivity contribution in [2.24, 2.45) is 0 Å². The SMILES string of the molecule is CCCN(CCNC)Cc1ccc(Cl)cc1F. The Morgan fingerprint density at radius 1 is 1.35 bits per heavy atom. The molecule has 0 aliphatic carbocycles. The maximum atomic E-state index is 13.6. The summed E-state index contributed by atoms with van der Waals surface area (Å²) in [4.78, 5) is 2.24. The molecule has 1 rings (SSSR count). The first kappa shape index (κ1) is 14.4. The molecule has 0 fully saturated rings. The molecule has 0 heterocycles. The quantitative estimate of drug-likeness (QED) is 0.809. The lowest BCUT2D eigenvalue weighted by Crippen LogP contribution is -2.31. The maximum Gasteiger partial charge on any atom is 0.129 e. The van der Waals surface area contributed by atoms with Crippen molar-refractivity contribution in [2.45, 2.75) is 19.9 Å². The normalized spacial score (nSPS) is 11.1. The number of hydrogen-bond donors (Lipinski definition) is 1. The van der Waals surface area contributed by atoms with E-state index in [4.69, 9.17) is 11.6 Å². The number of rotatable bonds is 7. The van der Waals surface area contributed by atoms with Crippen molar-refractivity contribution in [3.8, 4) is 0 Å². The Morgan fingerprint density at radius 3 is 2.71 bits per heavy atom. The van der Waals surface area contributed by atoms with Crippen LogP contribution in [0.2, 0.25) is 5.02 Å². The fraction of sp³-hybridized carbons (Fsp3) is 0.538. The van der Waals surface area contributed by atoms with E-state index in [0.717, 1.165) is 26.1 Å². The fourth-order valence-corrected chi connectivity index (χ4v) is 1.91. The van der Waals surface area contributed by atoms with E-state index in [1.165, 1.54) is 6.07 Å². The van der Waals surface area contributed by atoms with Gasteiger partial charge in [0.2, 0.25) is 0 Å². The van der Waals surface area contributed by atoms with E-state index >= 15 is 0 Å². The zero-order chi connectivity index (χ0) is 12.7.